The third-order valence-corrected chi connectivity index (χ3v) is 3.67. The molecule has 2 nitrogen and oxygen atoms in total. The second kappa shape index (κ2) is 7.11. The molecule has 0 fully saturated rings. The maximum atomic E-state index is 5.45. The molecular formula is C18H23NO. The van der Waals surface area contributed by atoms with E-state index in [4.69, 9.17) is 4.74 Å². The summed E-state index contributed by atoms with van der Waals surface area (Å²) >= 11 is 0. The Labute approximate surface area is 121 Å². The highest BCUT2D eigenvalue weighted by molar-refractivity contribution is 5.35. The van der Waals surface area contributed by atoms with Crippen LogP contribution in [0.15, 0.2) is 54.6 Å². The summed E-state index contributed by atoms with van der Waals surface area (Å²) < 4.78 is 5.45. The van der Waals surface area contributed by atoms with Gasteiger partial charge in [0, 0.05) is 17.6 Å². The van der Waals surface area contributed by atoms with Crippen molar-refractivity contribution in [1.82, 2.24) is 5.32 Å². The van der Waals surface area contributed by atoms with Crippen molar-refractivity contribution >= 4 is 0 Å². The minimum absolute atomic E-state index is 0.247. The molecule has 0 aliphatic heterocycles. The van der Waals surface area contributed by atoms with Gasteiger partial charge in [0.15, 0.2) is 0 Å². The van der Waals surface area contributed by atoms with E-state index in [1.54, 1.807) is 7.11 Å². The summed E-state index contributed by atoms with van der Waals surface area (Å²) in [5, 5.41) is 3.69. The van der Waals surface area contributed by atoms with E-state index in [-0.39, 0.29) is 6.04 Å². The first kappa shape index (κ1) is 14.6. The quantitative estimate of drug-likeness (QED) is 0.834. The van der Waals surface area contributed by atoms with Gasteiger partial charge in [-0.25, -0.2) is 0 Å². The van der Waals surface area contributed by atoms with Crippen molar-refractivity contribution in [1.29, 1.82) is 0 Å². The largest absolute Gasteiger partial charge is 0.496 e. The van der Waals surface area contributed by atoms with Gasteiger partial charge in [-0.2, -0.15) is 0 Å². The fourth-order valence-corrected chi connectivity index (χ4v) is 2.55. The normalized spacial score (nSPS) is 13.8. The van der Waals surface area contributed by atoms with Gasteiger partial charge < -0.3 is 10.1 Å². The average Bonchev–Trinajstić information content (AvgIpc) is 2.53. The van der Waals surface area contributed by atoms with Gasteiger partial charge in [-0.15, -0.1) is 0 Å². The highest BCUT2D eigenvalue weighted by atomic mass is 16.5. The fourth-order valence-electron chi connectivity index (χ4n) is 2.55. The Balaban J connectivity index is 2.15. The standard InChI is InChI=1S/C18H23NO/c1-4-17(15-10-6-5-7-11-15)19-14(2)16-12-8-9-13-18(16)20-3/h5-14,17,19H,4H2,1-3H3/t14-,17?/m0/s1. The first-order valence-corrected chi connectivity index (χ1v) is 7.20. The van der Waals surface area contributed by atoms with Gasteiger partial charge in [-0.05, 0) is 25.0 Å². The second-order valence-electron chi connectivity index (χ2n) is 5.00. The van der Waals surface area contributed by atoms with Crippen molar-refractivity contribution < 1.29 is 4.74 Å². The van der Waals surface area contributed by atoms with Crippen LogP contribution in [-0.2, 0) is 0 Å². The lowest BCUT2D eigenvalue weighted by molar-refractivity contribution is 0.392. The molecule has 1 N–H and O–H groups in total. The predicted molar refractivity (Wildman–Crippen MR) is 84.0 cm³/mol. The summed E-state index contributed by atoms with van der Waals surface area (Å²) in [5.74, 6) is 0.940. The van der Waals surface area contributed by atoms with E-state index in [2.05, 4.69) is 61.6 Å². The summed E-state index contributed by atoms with van der Waals surface area (Å²) in [4.78, 5) is 0. The van der Waals surface area contributed by atoms with Crippen molar-refractivity contribution in [2.75, 3.05) is 7.11 Å². The maximum absolute atomic E-state index is 5.45. The lowest BCUT2D eigenvalue weighted by Gasteiger charge is -2.24. The van der Waals surface area contributed by atoms with Gasteiger partial charge in [-0.3, -0.25) is 0 Å². The molecule has 0 aromatic heterocycles. The Bertz CT molecular complexity index is 524. The van der Waals surface area contributed by atoms with Crippen LogP contribution in [0.2, 0.25) is 0 Å². The maximum Gasteiger partial charge on any atom is 0.123 e. The first-order valence-electron chi connectivity index (χ1n) is 7.20. The molecule has 2 aromatic carbocycles. The molecule has 20 heavy (non-hydrogen) atoms. The zero-order chi connectivity index (χ0) is 14.4. The molecule has 0 bridgehead atoms. The van der Waals surface area contributed by atoms with Crippen LogP contribution in [0.4, 0.5) is 0 Å². The number of nitrogens with one attached hydrogen (secondary N) is 1. The van der Waals surface area contributed by atoms with E-state index in [0.29, 0.717) is 6.04 Å². The molecule has 2 aromatic rings. The summed E-state index contributed by atoms with van der Waals surface area (Å²) in [5.41, 5.74) is 2.53. The zero-order valence-electron chi connectivity index (χ0n) is 12.5. The summed E-state index contributed by atoms with van der Waals surface area (Å²) in [6, 6.07) is 19.4. The van der Waals surface area contributed by atoms with Crippen molar-refractivity contribution in [2.24, 2.45) is 0 Å². The molecule has 0 radical (unpaired) electrons. The summed E-state index contributed by atoms with van der Waals surface area (Å²) in [7, 11) is 1.72. The van der Waals surface area contributed by atoms with E-state index in [1.807, 2.05) is 12.1 Å². The first-order chi connectivity index (χ1) is 9.76. The smallest absolute Gasteiger partial charge is 0.123 e. The van der Waals surface area contributed by atoms with Crippen LogP contribution in [0.1, 0.15) is 43.5 Å². The molecule has 0 spiro atoms. The van der Waals surface area contributed by atoms with Gasteiger partial charge in [0.2, 0.25) is 0 Å². The van der Waals surface area contributed by atoms with Crippen LogP contribution in [0.25, 0.3) is 0 Å². The van der Waals surface area contributed by atoms with Crippen LogP contribution < -0.4 is 10.1 Å². The Kier molecular flexibility index (Phi) is 5.19. The number of methoxy groups -OCH3 is 1. The summed E-state index contributed by atoms with van der Waals surface area (Å²) in [6.45, 7) is 4.39. The van der Waals surface area contributed by atoms with Crippen LogP contribution in [0.3, 0.4) is 0 Å². The molecule has 106 valence electrons. The topological polar surface area (TPSA) is 21.3 Å². The van der Waals surface area contributed by atoms with Crippen molar-refractivity contribution in [3.63, 3.8) is 0 Å². The van der Waals surface area contributed by atoms with Gasteiger partial charge >= 0.3 is 0 Å². The molecule has 0 amide bonds. The molecule has 2 heteroatoms. The molecule has 0 saturated carbocycles. The Morgan fingerprint density at radius 3 is 2.30 bits per heavy atom. The molecule has 0 saturated heterocycles. The fraction of sp³-hybridized carbons (Fsp3) is 0.333. The number of ether oxygens (including phenoxy) is 1. The van der Waals surface area contributed by atoms with E-state index >= 15 is 0 Å². The molecule has 2 atom stereocenters. The minimum atomic E-state index is 0.247. The molecule has 0 aliphatic rings. The molecule has 2 rings (SSSR count). The molecule has 0 aliphatic carbocycles. The highest BCUT2D eigenvalue weighted by Gasteiger charge is 2.16. The van der Waals surface area contributed by atoms with Gasteiger partial charge in [-0.1, -0.05) is 55.5 Å². The van der Waals surface area contributed by atoms with Crippen molar-refractivity contribution in [3.05, 3.63) is 65.7 Å². The lowest BCUT2D eigenvalue weighted by Crippen LogP contribution is -2.24. The van der Waals surface area contributed by atoms with E-state index in [1.165, 1.54) is 11.1 Å². The number of rotatable bonds is 6. The zero-order valence-corrected chi connectivity index (χ0v) is 12.5. The van der Waals surface area contributed by atoms with Crippen molar-refractivity contribution in [2.45, 2.75) is 32.4 Å². The minimum Gasteiger partial charge on any atom is -0.496 e. The lowest BCUT2D eigenvalue weighted by atomic mass is 10.0. The van der Waals surface area contributed by atoms with Gasteiger partial charge in [0.1, 0.15) is 5.75 Å². The SMILES string of the molecule is CCC(N[C@@H](C)c1ccccc1OC)c1ccccc1. The summed E-state index contributed by atoms with van der Waals surface area (Å²) in [6.07, 6.45) is 1.06. The van der Waals surface area contributed by atoms with Crippen LogP contribution in [-0.4, -0.2) is 7.11 Å². The Hall–Kier alpha value is -1.80. The monoisotopic (exact) mass is 269 g/mol. The van der Waals surface area contributed by atoms with Gasteiger partial charge in [0.25, 0.3) is 0 Å². The van der Waals surface area contributed by atoms with Crippen LogP contribution in [0.5, 0.6) is 5.75 Å². The predicted octanol–water partition coefficient (Wildman–Crippen LogP) is 4.50. The number of benzene rings is 2. The van der Waals surface area contributed by atoms with Gasteiger partial charge in [0.05, 0.1) is 7.11 Å². The Morgan fingerprint density at radius 1 is 1.00 bits per heavy atom. The highest BCUT2D eigenvalue weighted by Crippen LogP contribution is 2.27. The average molecular weight is 269 g/mol. The molecule has 0 heterocycles. The molecule has 1 unspecified atom stereocenters. The van der Waals surface area contributed by atoms with E-state index in [0.717, 1.165) is 12.2 Å². The third kappa shape index (κ3) is 3.40. The number of hydrogen-bond acceptors (Lipinski definition) is 2. The second-order valence-corrected chi connectivity index (χ2v) is 5.00. The number of para-hydroxylation sites is 1. The molecular weight excluding hydrogens is 246 g/mol. The van der Waals surface area contributed by atoms with Crippen LogP contribution >= 0.6 is 0 Å². The Morgan fingerprint density at radius 2 is 1.65 bits per heavy atom. The van der Waals surface area contributed by atoms with E-state index in [9.17, 15) is 0 Å². The number of hydrogen-bond donors (Lipinski definition) is 1. The van der Waals surface area contributed by atoms with Crippen molar-refractivity contribution in [3.8, 4) is 5.75 Å². The van der Waals surface area contributed by atoms with E-state index < -0.39 is 0 Å². The third-order valence-electron chi connectivity index (χ3n) is 3.67. The van der Waals surface area contributed by atoms with Crippen LogP contribution in [0, 0.1) is 0 Å².